The van der Waals surface area contributed by atoms with Crippen LogP contribution in [0.1, 0.15) is 50.9 Å². The summed E-state index contributed by atoms with van der Waals surface area (Å²) in [5, 5.41) is 1.54. The zero-order valence-corrected chi connectivity index (χ0v) is 28.1. The first kappa shape index (κ1) is 25.3. The molecule has 2 nitrogen and oxygen atoms in total. The van der Waals surface area contributed by atoms with Gasteiger partial charge in [0.25, 0.3) is 0 Å². The van der Waals surface area contributed by atoms with Crippen LogP contribution in [-0.2, 0) is 20.1 Å². The normalized spacial score (nSPS) is 15.6. The first-order chi connectivity index (χ1) is 22.0. The molecule has 1 atom stereocenters. The maximum atomic E-state index is 8.05. The van der Waals surface area contributed by atoms with Crippen molar-refractivity contribution in [1.29, 1.82) is 0 Å². The number of nitrogens with zero attached hydrogens (tertiary/aromatic N) is 2. The average Bonchev–Trinajstić information content (AvgIpc) is 3.62. The number of pyridine rings is 2. The third-order valence-electron chi connectivity index (χ3n) is 7.86. The molecular formula is C38H40IrN2Si-2. The minimum absolute atomic E-state index is 0. The Bertz CT molecular complexity index is 1780. The van der Waals surface area contributed by atoms with E-state index in [4.69, 9.17) is 11.8 Å². The van der Waals surface area contributed by atoms with E-state index < -0.39 is 14.1 Å². The molecule has 3 aromatic carbocycles. The number of hydrogen-bond donors (Lipinski definition) is 0. The van der Waals surface area contributed by atoms with Crippen molar-refractivity contribution < 1.29 is 27.0 Å². The molecule has 1 fully saturated rings. The van der Waals surface area contributed by atoms with Crippen molar-refractivity contribution in [2.45, 2.75) is 58.2 Å². The third kappa shape index (κ3) is 8.01. The monoisotopic (exact) mass is 750 g/mol. The predicted octanol–water partition coefficient (Wildman–Crippen LogP) is 9.60. The molecule has 4 heteroatoms. The van der Waals surface area contributed by atoms with E-state index in [1.54, 1.807) is 30.0 Å². The Morgan fingerprint density at radius 3 is 2.00 bits per heavy atom. The second kappa shape index (κ2) is 14.8. The van der Waals surface area contributed by atoms with Crippen LogP contribution in [0.15, 0.2) is 109 Å². The van der Waals surface area contributed by atoms with E-state index in [1.807, 2.05) is 30.3 Å². The third-order valence-corrected chi connectivity index (χ3v) is 9.89. The maximum Gasteiger partial charge on any atom is 0.0799 e. The molecule has 2 heterocycles. The molecule has 1 unspecified atom stereocenters. The van der Waals surface area contributed by atoms with Crippen LogP contribution in [0.25, 0.3) is 33.6 Å². The van der Waals surface area contributed by atoms with Gasteiger partial charge in [0.05, 0.1) is 14.9 Å². The Hall–Kier alpha value is -3.17. The fourth-order valence-electron chi connectivity index (χ4n) is 5.57. The average molecular weight is 750 g/mol. The molecule has 0 aliphatic heterocycles. The molecule has 5 aromatic rings. The molecule has 2 aromatic heterocycles. The summed E-state index contributed by atoms with van der Waals surface area (Å²) in [6, 6.07) is 26.1. The Labute approximate surface area is 274 Å². The van der Waals surface area contributed by atoms with Gasteiger partial charge in [-0.2, -0.15) is 0 Å². The molecule has 42 heavy (non-hydrogen) atoms. The molecule has 0 N–H and O–H groups in total. The molecule has 1 aliphatic carbocycles. The Kier molecular flexibility index (Phi) is 8.94. The van der Waals surface area contributed by atoms with Crippen LogP contribution in [0.4, 0.5) is 0 Å². The SMILES string of the molecule is CC(c1cc(-c2[c-]cccc2)ncc1[Si](C)(C)C)C1CCCC1.[2H]c1c([2H])c([2H])c(-c2ccnc(-c3[c-]cccc3)c2)c([2H])c1[2H].[Ir]. The molecule has 1 aliphatic rings. The van der Waals surface area contributed by atoms with Crippen molar-refractivity contribution in [1.82, 2.24) is 9.97 Å². The largest absolute Gasteiger partial charge is 0.305 e. The quantitative estimate of drug-likeness (QED) is 0.128. The Morgan fingerprint density at radius 2 is 1.43 bits per heavy atom. The smallest absolute Gasteiger partial charge is 0.0799 e. The summed E-state index contributed by atoms with van der Waals surface area (Å²) >= 11 is 0. The Morgan fingerprint density at radius 1 is 0.810 bits per heavy atom. The second-order valence-electron chi connectivity index (χ2n) is 11.7. The van der Waals surface area contributed by atoms with Gasteiger partial charge in [0, 0.05) is 32.5 Å². The van der Waals surface area contributed by atoms with Crippen LogP contribution in [-0.4, -0.2) is 18.0 Å². The zero-order valence-electron chi connectivity index (χ0n) is 29.7. The van der Waals surface area contributed by atoms with E-state index >= 15 is 0 Å². The van der Waals surface area contributed by atoms with Crippen LogP contribution in [0.3, 0.4) is 0 Å². The van der Waals surface area contributed by atoms with E-state index in [0.717, 1.165) is 22.7 Å². The van der Waals surface area contributed by atoms with E-state index in [1.165, 1.54) is 30.9 Å². The number of rotatable bonds is 6. The number of aromatic nitrogens is 2. The summed E-state index contributed by atoms with van der Waals surface area (Å²) in [7, 11) is -1.39. The molecule has 217 valence electrons. The van der Waals surface area contributed by atoms with E-state index in [2.05, 4.69) is 68.1 Å². The molecule has 0 bridgehead atoms. The van der Waals surface area contributed by atoms with Gasteiger partial charge in [-0.1, -0.05) is 87.3 Å². The summed E-state index contributed by atoms with van der Waals surface area (Å²) in [6.07, 6.45) is 9.32. The first-order valence-corrected chi connectivity index (χ1v) is 17.9. The molecular weight excluding hydrogens is 705 g/mol. The predicted molar refractivity (Wildman–Crippen MR) is 176 cm³/mol. The van der Waals surface area contributed by atoms with Crippen LogP contribution < -0.4 is 5.19 Å². The fraction of sp³-hybridized carbons (Fsp3) is 0.263. The van der Waals surface area contributed by atoms with Gasteiger partial charge in [-0.3, -0.25) is 0 Å². The molecule has 0 amide bonds. The van der Waals surface area contributed by atoms with Crippen LogP contribution >= 0.6 is 0 Å². The molecule has 1 saturated carbocycles. The van der Waals surface area contributed by atoms with Gasteiger partial charge < -0.3 is 9.97 Å². The van der Waals surface area contributed by atoms with Crippen molar-refractivity contribution in [2.75, 3.05) is 0 Å². The van der Waals surface area contributed by atoms with E-state index in [9.17, 15) is 0 Å². The van der Waals surface area contributed by atoms with Gasteiger partial charge in [0.2, 0.25) is 0 Å². The maximum absolute atomic E-state index is 8.05. The van der Waals surface area contributed by atoms with Crippen LogP contribution in [0.5, 0.6) is 0 Å². The minimum atomic E-state index is -1.39. The standard InChI is InChI=1S/C21H28NSi.C17H12N.Ir/c1-16(17-10-8-9-11-17)19-14-20(18-12-6-5-7-13-18)22-15-21(19)23(2,3)4;1-3-7-14(8-4-1)16-11-12-18-17(13-16)15-9-5-2-6-10-15;/h5-7,12,14-17H,8-11H2,1-4H3;1-9,11-13H;/q2*-1;/i;1D,3D,4D,7D,8D;. The van der Waals surface area contributed by atoms with Crippen molar-refractivity contribution in [3.63, 3.8) is 0 Å². The minimum Gasteiger partial charge on any atom is -0.305 e. The number of benzene rings is 3. The molecule has 6 rings (SSSR count). The Balaban J connectivity index is 0.000000208. The second-order valence-corrected chi connectivity index (χ2v) is 16.8. The van der Waals surface area contributed by atoms with Gasteiger partial charge in [-0.15, -0.1) is 71.8 Å². The fourth-order valence-corrected chi connectivity index (χ4v) is 7.18. The number of hydrogen-bond acceptors (Lipinski definition) is 2. The van der Waals surface area contributed by atoms with Gasteiger partial charge in [-0.25, -0.2) is 0 Å². The van der Waals surface area contributed by atoms with Crippen molar-refractivity contribution in [3.05, 3.63) is 127 Å². The van der Waals surface area contributed by atoms with Gasteiger partial charge in [0.15, 0.2) is 0 Å². The molecule has 1 radical (unpaired) electrons. The summed E-state index contributed by atoms with van der Waals surface area (Å²) in [4.78, 5) is 9.06. The molecule has 0 spiro atoms. The van der Waals surface area contributed by atoms with Gasteiger partial charge in [-0.05, 0) is 58.4 Å². The van der Waals surface area contributed by atoms with E-state index in [-0.39, 0.29) is 49.8 Å². The topological polar surface area (TPSA) is 25.8 Å². The van der Waals surface area contributed by atoms with Crippen LogP contribution in [0.2, 0.25) is 19.6 Å². The van der Waals surface area contributed by atoms with E-state index in [0.29, 0.717) is 17.2 Å². The summed E-state index contributed by atoms with van der Waals surface area (Å²) in [5.41, 5.74) is 5.86. The zero-order chi connectivity index (χ0) is 33.0. The first-order valence-electron chi connectivity index (χ1n) is 16.9. The van der Waals surface area contributed by atoms with Crippen molar-refractivity contribution in [2.24, 2.45) is 5.92 Å². The van der Waals surface area contributed by atoms with Gasteiger partial charge in [0.1, 0.15) is 0 Å². The summed E-state index contributed by atoms with van der Waals surface area (Å²) < 4.78 is 39.3. The summed E-state index contributed by atoms with van der Waals surface area (Å²) in [5.74, 6) is 1.49. The van der Waals surface area contributed by atoms with Crippen LogP contribution in [0, 0.1) is 18.1 Å². The van der Waals surface area contributed by atoms with Crippen molar-refractivity contribution >= 4 is 13.3 Å². The van der Waals surface area contributed by atoms with Crippen molar-refractivity contribution in [3.8, 4) is 33.6 Å². The molecule has 0 saturated heterocycles. The van der Waals surface area contributed by atoms with Gasteiger partial charge >= 0.3 is 0 Å². The summed E-state index contributed by atoms with van der Waals surface area (Å²) in [6.45, 7) is 9.74.